The summed E-state index contributed by atoms with van der Waals surface area (Å²) in [7, 11) is 0. The van der Waals surface area contributed by atoms with Gasteiger partial charge in [-0.05, 0) is 37.6 Å². The summed E-state index contributed by atoms with van der Waals surface area (Å²) in [6.45, 7) is 3.15. The number of nitriles is 1. The fourth-order valence-corrected chi connectivity index (χ4v) is 2.59. The standard InChI is InChI=1S/C16H15N3O4S/c1-16(2,23)13-8-24-15(18-13)19-14(22)10(7-17)5-9-3-4-11(20)12(21)6-9/h3-6,8,20-21,23H,1-2H3,(H,18,19,22)/b10-5+. The quantitative estimate of drug-likeness (QED) is 0.383. The van der Waals surface area contributed by atoms with Crippen molar-refractivity contribution in [2.75, 3.05) is 5.32 Å². The molecule has 0 aliphatic heterocycles. The molecule has 0 aliphatic rings. The van der Waals surface area contributed by atoms with Gasteiger partial charge in [0.15, 0.2) is 16.6 Å². The number of aliphatic hydroxyl groups is 1. The Morgan fingerprint density at radius 2 is 2.08 bits per heavy atom. The van der Waals surface area contributed by atoms with E-state index in [1.807, 2.05) is 0 Å². The molecule has 124 valence electrons. The molecule has 0 atom stereocenters. The highest BCUT2D eigenvalue weighted by Gasteiger charge is 2.20. The second-order valence-corrected chi connectivity index (χ2v) is 6.33. The zero-order valence-electron chi connectivity index (χ0n) is 12.9. The third-order valence-corrected chi connectivity index (χ3v) is 3.78. The molecule has 24 heavy (non-hydrogen) atoms. The smallest absolute Gasteiger partial charge is 0.268 e. The third-order valence-electron chi connectivity index (χ3n) is 3.03. The minimum Gasteiger partial charge on any atom is -0.504 e. The van der Waals surface area contributed by atoms with Crippen LogP contribution in [0.15, 0.2) is 29.2 Å². The summed E-state index contributed by atoms with van der Waals surface area (Å²) in [5.41, 5.74) is -0.529. The summed E-state index contributed by atoms with van der Waals surface area (Å²) in [4.78, 5) is 16.2. The van der Waals surface area contributed by atoms with Crippen molar-refractivity contribution in [3.8, 4) is 17.6 Å². The average molecular weight is 345 g/mol. The summed E-state index contributed by atoms with van der Waals surface area (Å²) < 4.78 is 0. The molecule has 0 unspecified atom stereocenters. The highest BCUT2D eigenvalue weighted by atomic mass is 32.1. The Morgan fingerprint density at radius 1 is 1.38 bits per heavy atom. The topological polar surface area (TPSA) is 126 Å². The number of aromatic hydroxyl groups is 2. The van der Waals surface area contributed by atoms with E-state index in [-0.39, 0.29) is 22.2 Å². The summed E-state index contributed by atoms with van der Waals surface area (Å²) in [6, 6.07) is 5.71. The van der Waals surface area contributed by atoms with Crippen LogP contribution < -0.4 is 5.32 Å². The molecular weight excluding hydrogens is 330 g/mol. The van der Waals surface area contributed by atoms with Gasteiger partial charge in [0.05, 0.1) is 5.69 Å². The lowest BCUT2D eigenvalue weighted by molar-refractivity contribution is -0.112. The van der Waals surface area contributed by atoms with E-state index in [0.29, 0.717) is 11.3 Å². The van der Waals surface area contributed by atoms with E-state index in [9.17, 15) is 20.1 Å². The first-order valence-corrected chi connectivity index (χ1v) is 7.72. The Hall–Kier alpha value is -2.89. The number of aromatic nitrogens is 1. The number of anilines is 1. The monoisotopic (exact) mass is 345 g/mol. The lowest BCUT2D eigenvalue weighted by Crippen LogP contribution is -2.17. The Bertz CT molecular complexity index is 844. The maximum Gasteiger partial charge on any atom is 0.268 e. The molecule has 4 N–H and O–H groups in total. The lowest BCUT2D eigenvalue weighted by Gasteiger charge is -2.12. The molecule has 1 aromatic carbocycles. The molecule has 7 nitrogen and oxygen atoms in total. The Morgan fingerprint density at radius 3 is 2.62 bits per heavy atom. The van der Waals surface area contributed by atoms with Crippen molar-refractivity contribution >= 4 is 28.5 Å². The van der Waals surface area contributed by atoms with Gasteiger partial charge in [-0.2, -0.15) is 5.26 Å². The number of carbonyl (C=O) groups excluding carboxylic acids is 1. The second kappa shape index (κ2) is 6.70. The van der Waals surface area contributed by atoms with Crippen LogP contribution in [0.1, 0.15) is 25.1 Å². The van der Waals surface area contributed by atoms with Crippen molar-refractivity contribution in [2.45, 2.75) is 19.4 Å². The van der Waals surface area contributed by atoms with Crippen LogP contribution in [0.5, 0.6) is 11.5 Å². The number of hydrogen-bond acceptors (Lipinski definition) is 7. The predicted octanol–water partition coefficient (Wildman–Crippen LogP) is 2.33. The van der Waals surface area contributed by atoms with E-state index in [1.54, 1.807) is 25.3 Å². The normalized spacial score (nSPS) is 11.8. The maximum absolute atomic E-state index is 12.1. The van der Waals surface area contributed by atoms with Crippen LogP contribution in [-0.4, -0.2) is 26.2 Å². The van der Waals surface area contributed by atoms with Gasteiger partial charge in [-0.25, -0.2) is 4.98 Å². The minimum atomic E-state index is -1.13. The van der Waals surface area contributed by atoms with Crippen LogP contribution in [0.4, 0.5) is 5.13 Å². The van der Waals surface area contributed by atoms with E-state index in [4.69, 9.17) is 5.26 Å². The number of nitrogens with one attached hydrogen (secondary N) is 1. The van der Waals surface area contributed by atoms with E-state index >= 15 is 0 Å². The highest BCUT2D eigenvalue weighted by molar-refractivity contribution is 7.14. The molecule has 0 saturated carbocycles. The van der Waals surface area contributed by atoms with Crippen molar-refractivity contribution < 1.29 is 20.1 Å². The van der Waals surface area contributed by atoms with Gasteiger partial charge < -0.3 is 15.3 Å². The second-order valence-electron chi connectivity index (χ2n) is 5.47. The Labute approximate surface area is 142 Å². The predicted molar refractivity (Wildman–Crippen MR) is 89.4 cm³/mol. The number of amides is 1. The van der Waals surface area contributed by atoms with E-state index in [1.165, 1.54) is 24.3 Å². The fourth-order valence-electron chi connectivity index (χ4n) is 1.72. The molecule has 1 amide bonds. The molecule has 0 bridgehead atoms. The summed E-state index contributed by atoms with van der Waals surface area (Å²) in [5, 5.41) is 42.1. The highest BCUT2D eigenvalue weighted by Crippen LogP contribution is 2.27. The van der Waals surface area contributed by atoms with Gasteiger partial charge in [0.25, 0.3) is 5.91 Å². The first-order chi connectivity index (χ1) is 11.2. The van der Waals surface area contributed by atoms with Crippen molar-refractivity contribution in [3.05, 3.63) is 40.4 Å². The van der Waals surface area contributed by atoms with Gasteiger partial charge in [0.2, 0.25) is 0 Å². The molecule has 0 radical (unpaired) electrons. The Balaban J connectivity index is 2.20. The number of rotatable bonds is 4. The molecule has 0 aliphatic carbocycles. The van der Waals surface area contributed by atoms with Gasteiger partial charge in [0, 0.05) is 5.38 Å². The zero-order chi connectivity index (χ0) is 17.9. The van der Waals surface area contributed by atoms with Crippen LogP contribution in [0, 0.1) is 11.3 Å². The molecule has 2 rings (SSSR count). The molecule has 0 saturated heterocycles. The van der Waals surface area contributed by atoms with E-state index in [2.05, 4.69) is 10.3 Å². The van der Waals surface area contributed by atoms with E-state index in [0.717, 1.165) is 11.3 Å². The number of phenols is 2. The van der Waals surface area contributed by atoms with Crippen molar-refractivity contribution in [1.29, 1.82) is 5.26 Å². The zero-order valence-corrected chi connectivity index (χ0v) is 13.8. The fraction of sp³-hybridized carbons (Fsp3) is 0.188. The molecule has 0 spiro atoms. The Kier molecular flexibility index (Phi) is 4.87. The van der Waals surface area contributed by atoms with Crippen molar-refractivity contribution in [2.24, 2.45) is 0 Å². The molecule has 1 aromatic heterocycles. The van der Waals surface area contributed by atoms with Crippen LogP contribution >= 0.6 is 11.3 Å². The molecule has 1 heterocycles. The third kappa shape index (κ3) is 4.10. The van der Waals surface area contributed by atoms with Crippen LogP contribution in [0.3, 0.4) is 0 Å². The number of phenolic OH excluding ortho intramolecular Hbond substituents is 2. The van der Waals surface area contributed by atoms with Gasteiger partial charge in [-0.15, -0.1) is 11.3 Å². The number of carbonyl (C=O) groups is 1. The number of benzene rings is 1. The van der Waals surface area contributed by atoms with Gasteiger partial charge in [0.1, 0.15) is 17.2 Å². The molecular formula is C16H15N3O4S. The lowest BCUT2D eigenvalue weighted by atomic mass is 10.1. The van der Waals surface area contributed by atoms with Crippen molar-refractivity contribution in [3.63, 3.8) is 0 Å². The van der Waals surface area contributed by atoms with Crippen LogP contribution in [0.25, 0.3) is 6.08 Å². The largest absolute Gasteiger partial charge is 0.504 e. The molecule has 0 fully saturated rings. The van der Waals surface area contributed by atoms with E-state index < -0.39 is 11.5 Å². The summed E-state index contributed by atoms with van der Waals surface area (Å²) in [5.74, 6) is -1.31. The van der Waals surface area contributed by atoms with Gasteiger partial charge in [-0.1, -0.05) is 6.07 Å². The number of nitrogens with zero attached hydrogens (tertiary/aromatic N) is 2. The molecule has 8 heteroatoms. The van der Waals surface area contributed by atoms with Crippen LogP contribution in [0.2, 0.25) is 0 Å². The number of thiazole rings is 1. The summed E-state index contributed by atoms with van der Waals surface area (Å²) in [6.07, 6.45) is 1.28. The first-order valence-electron chi connectivity index (χ1n) is 6.84. The first kappa shape index (κ1) is 17.5. The van der Waals surface area contributed by atoms with Gasteiger partial charge in [-0.3, -0.25) is 10.1 Å². The maximum atomic E-state index is 12.1. The van der Waals surface area contributed by atoms with Gasteiger partial charge >= 0.3 is 0 Å². The molecule has 2 aromatic rings. The SMILES string of the molecule is CC(C)(O)c1csc(NC(=O)/C(C#N)=C/c2ccc(O)c(O)c2)n1. The number of hydrogen-bond donors (Lipinski definition) is 4. The van der Waals surface area contributed by atoms with Crippen LogP contribution in [-0.2, 0) is 10.4 Å². The van der Waals surface area contributed by atoms with Crippen molar-refractivity contribution in [1.82, 2.24) is 4.98 Å². The minimum absolute atomic E-state index is 0.194. The average Bonchev–Trinajstić information content (AvgIpc) is 2.97. The summed E-state index contributed by atoms with van der Waals surface area (Å²) >= 11 is 1.13.